The first-order valence-electron chi connectivity index (χ1n) is 5.39. The number of rotatable bonds is 2. The van der Waals surface area contributed by atoms with E-state index in [1.165, 1.54) is 29.4 Å². The number of imidazole rings is 1. The van der Waals surface area contributed by atoms with Crippen molar-refractivity contribution in [2.24, 2.45) is 9.98 Å². The third kappa shape index (κ3) is 1.77. The fourth-order valence-corrected chi connectivity index (χ4v) is 1.80. The third-order valence-corrected chi connectivity index (χ3v) is 2.68. The van der Waals surface area contributed by atoms with Gasteiger partial charge in [-0.1, -0.05) is 0 Å². The zero-order chi connectivity index (χ0) is 14.3. The zero-order valence-electron chi connectivity index (χ0n) is 9.76. The molecule has 98 valence electrons. The van der Waals surface area contributed by atoms with Crippen molar-refractivity contribution < 1.29 is 14.5 Å². The lowest BCUT2D eigenvalue weighted by Crippen LogP contribution is -2.35. The summed E-state index contributed by atoms with van der Waals surface area (Å²) >= 11 is 0. The van der Waals surface area contributed by atoms with Crippen LogP contribution in [-0.2, 0) is 9.59 Å². The lowest BCUT2D eigenvalue weighted by Gasteiger charge is -2.04. The normalized spacial score (nSPS) is 13.4. The summed E-state index contributed by atoms with van der Waals surface area (Å²) in [7, 11) is 0. The van der Waals surface area contributed by atoms with Gasteiger partial charge in [0.25, 0.3) is 5.69 Å². The molecule has 1 aliphatic rings. The average Bonchev–Trinajstić information content (AvgIpc) is 2.92. The van der Waals surface area contributed by atoms with E-state index >= 15 is 0 Å². The topological polar surface area (TPSA) is 120 Å². The highest BCUT2D eigenvalue weighted by Crippen LogP contribution is 2.18. The fraction of sp³-hybridized carbons (Fsp3) is 0. The molecule has 2 aromatic rings. The van der Waals surface area contributed by atoms with E-state index in [1.807, 2.05) is 0 Å². The van der Waals surface area contributed by atoms with Crippen LogP contribution in [0.1, 0.15) is 0 Å². The van der Waals surface area contributed by atoms with Gasteiger partial charge in [0.1, 0.15) is 11.0 Å². The maximum absolute atomic E-state index is 11.2. The molecule has 1 aromatic heterocycles. The van der Waals surface area contributed by atoms with Crippen LogP contribution in [0.4, 0.5) is 5.69 Å². The Morgan fingerprint density at radius 1 is 1.10 bits per heavy atom. The molecule has 0 bridgehead atoms. The number of carbonyl (C=O) groups excluding carboxylic acids is 2. The van der Waals surface area contributed by atoms with Crippen LogP contribution in [0.3, 0.4) is 0 Å². The van der Waals surface area contributed by atoms with Gasteiger partial charge in [-0.15, -0.1) is 0 Å². The van der Waals surface area contributed by atoms with E-state index in [2.05, 4.69) is 15.0 Å². The van der Waals surface area contributed by atoms with Crippen molar-refractivity contribution in [3.8, 4) is 5.69 Å². The van der Waals surface area contributed by atoms with Crippen molar-refractivity contribution >= 4 is 17.5 Å². The highest BCUT2D eigenvalue weighted by molar-refractivity contribution is 6.36. The molecule has 20 heavy (non-hydrogen) atoms. The first-order valence-corrected chi connectivity index (χ1v) is 5.39. The molecule has 0 atom stereocenters. The van der Waals surface area contributed by atoms with E-state index in [9.17, 15) is 19.7 Å². The van der Waals surface area contributed by atoms with Crippen molar-refractivity contribution in [3.05, 3.63) is 51.7 Å². The number of fused-ring (bicyclic) bond motifs is 1. The van der Waals surface area contributed by atoms with E-state index in [0.717, 1.165) is 6.07 Å². The summed E-state index contributed by atoms with van der Waals surface area (Å²) in [5.74, 6) is -2.04. The molecule has 1 aromatic carbocycles. The molecule has 0 radical (unpaired) electrons. The van der Waals surface area contributed by atoms with Gasteiger partial charge < -0.3 is 4.57 Å². The van der Waals surface area contributed by atoms with Gasteiger partial charge in [0.2, 0.25) is 0 Å². The second-order valence-corrected chi connectivity index (χ2v) is 3.89. The smallest absolute Gasteiger partial charge is 0.300 e. The van der Waals surface area contributed by atoms with Crippen LogP contribution in [0, 0.1) is 10.1 Å². The van der Waals surface area contributed by atoms with Gasteiger partial charge in [-0.05, 0) is 6.07 Å². The first kappa shape index (κ1) is 11.8. The number of benzene rings is 1. The molecule has 3 rings (SSSR count). The summed E-state index contributed by atoms with van der Waals surface area (Å²) in [5, 5.41) is 11.2. The Labute approximate surface area is 110 Å². The molecule has 0 saturated heterocycles. The number of hydrogen-bond acceptors (Lipinski definition) is 5. The van der Waals surface area contributed by atoms with E-state index < -0.39 is 16.7 Å². The Kier molecular flexibility index (Phi) is 2.46. The first-order chi connectivity index (χ1) is 9.56. The second-order valence-electron chi connectivity index (χ2n) is 3.89. The van der Waals surface area contributed by atoms with Crippen molar-refractivity contribution in [2.75, 3.05) is 0 Å². The predicted molar refractivity (Wildman–Crippen MR) is 62.5 cm³/mol. The maximum atomic E-state index is 11.2. The molecule has 1 aliphatic heterocycles. The number of nitrogens with zero attached hydrogens (tertiary/aromatic N) is 5. The number of nitro groups is 1. The largest absolute Gasteiger partial charge is 0.338 e. The van der Waals surface area contributed by atoms with Crippen molar-refractivity contribution in [1.29, 1.82) is 0 Å². The van der Waals surface area contributed by atoms with Crippen molar-refractivity contribution in [3.63, 3.8) is 0 Å². The van der Waals surface area contributed by atoms with Gasteiger partial charge in [-0.3, -0.25) is 19.7 Å². The SMILES string of the molecule is O=C1N=c2cc(-n3ccnc3)c([N+](=O)[O-])cc2=NC1=O. The minimum absolute atomic E-state index is 0.00478. The van der Waals surface area contributed by atoms with Gasteiger partial charge in [0, 0.05) is 18.5 Å². The Morgan fingerprint density at radius 2 is 1.75 bits per heavy atom. The van der Waals surface area contributed by atoms with Crippen LogP contribution in [0.25, 0.3) is 5.69 Å². The van der Waals surface area contributed by atoms with Crippen LogP contribution < -0.4 is 10.7 Å². The van der Waals surface area contributed by atoms with Crippen LogP contribution >= 0.6 is 0 Å². The molecule has 0 fully saturated rings. The van der Waals surface area contributed by atoms with Gasteiger partial charge in [-0.2, -0.15) is 0 Å². The average molecular weight is 271 g/mol. The molecule has 0 saturated carbocycles. The van der Waals surface area contributed by atoms with E-state index in [-0.39, 0.29) is 22.1 Å². The quantitative estimate of drug-likeness (QED) is 0.397. The maximum Gasteiger partial charge on any atom is 0.338 e. The summed E-state index contributed by atoms with van der Waals surface area (Å²) in [4.78, 5) is 43.7. The minimum Gasteiger partial charge on any atom is -0.300 e. The van der Waals surface area contributed by atoms with Crippen molar-refractivity contribution in [1.82, 2.24) is 9.55 Å². The predicted octanol–water partition coefficient (Wildman–Crippen LogP) is -0.914. The van der Waals surface area contributed by atoms with E-state index in [4.69, 9.17) is 0 Å². The van der Waals surface area contributed by atoms with Crippen LogP contribution in [-0.4, -0.2) is 26.3 Å². The number of amides is 2. The summed E-state index contributed by atoms with van der Waals surface area (Å²) in [5.41, 5.74) is -0.0739. The Hall–Kier alpha value is -3.23. The molecule has 9 heteroatoms. The minimum atomic E-state index is -1.04. The molecule has 2 heterocycles. The Morgan fingerprint density at radius 3 is 2.30 bits per heavy atom. The second kappa shape index (κ2) is 4.16. The highest BCUT2D eigenvalue weighted by atomic mass is 16.6. The monoisotopic (exact) mass is 271 g/mol. The molecule has 2 amide bonds. The van der Waals surface area contributed by atoms with Gasteiger partial charge in [-0.25, -0.2) is 15.0 Å². The zero-order valence-corrected chi connectivity index (χ0v) is 9.76. The van der Waals surface area contributed by atoms with E-state index in [0.29, 0.717) is 0 Å². The highest BCUT2D eigenvalue weighted by Gasteiger charge is 2.21. The molecular weight excluding hydrogens is 266 g/mol. The van der Waals surface area contributed by atoms with Crippen LogP contribution in [0.2, 0.25) is 0 Å². The number of hydrogen-bond donors (Lipinski definition) is 0. The Bertz CT molecular complexity index is 869. The summed E-state index contributed by atoms with van der Waals surface area (Å²) in [6.07, 6.45) is 4.35. The summed E-state index contributed by atoms with van der Waals surface area (Å²) in [6, 6.07) is 2.43. The fourth-order valence-electron chi connectivity index (χ4n) is 1.80. The van der Waals surface area contributed by atoms with Crippen LogP contribution in [0.5, 0.6) is 0 Å². The van der Waals surface area contributed by atoms with Gasteiger partial charge in [0.05, 0.1) is 16.6 Å². The number of nitro benzene ring substituents is 1. The molecule has 0 N–H and O–H groups in total. The summed E-state index contributed by atoms with van der Waals surface area (Å²) in [6.45, 7) is 0. The van der Waals surface area contributed by atoms with Crippen LogP contribution in [0.15, 0.2) is 40.8 Å². The van der Waals surface area contributed by atoms with E-state index in [1.54, 1.807) is 0 Å². The Balaban J connectivity index is 2.38. The lowest BCUT2D eigenvalue weighted by molar-refractivity contribution is -0.384. The van der Waals surface area contributed by atoms with Crippen molar-refractivity contribution in [2.45, 2.75) is 0 Å². The molecule has 0 aliphatic carbocycles. The third-order valence-electron chi connectivity index (χ3n) is 2.68. The van der Waals surface area contributed by atoms with Gasteiger partial charge in [0.15, 0.2) is 0 Å². The molecular formula is C11H5N5O4. The lowest BCUT2D eigenvalue weighted by atomic mass is 10.2. The standard InChI is InChI=1S/C11H5N5O4/c17-10-11(18)14-7-4-9(16(19)20)8(3-6(7)13-10)15-2-1-12-5-15/h1-5H. The number of aromatic nitrogens is 2. The molecule has 9 nitrogen and oxygen atoms in total. The number of carbonyl (C=O) groups is 2. The molecule has 0 unspecified atom stereocenters. The van der Waals surface area contributed by atoms with Gasteiger partial charge >= 0.3 is 11.8 Å². The summed E-state index contributed by atoms with van der Waals surface area (Å²) < 4.78 is 1.41. The molecule has 0 spiro atoms.